The first kappa shape index (κ1) is 25.2. The number of aromatic nitrogens is 3. The zero-order chi connectivity index (χ0) is 27.6. The van der Waals surface area contributed by atoms with Gasteiger partial charge in [0, 0.05) is 12.7 Å². The van der Waals surface area contributed by atoms with Gasteiger partial charge in [-0.2, -0.15) is 4.98 Å². The largest absolute Gasteiger partial charge is 0.507 e. The minimum Gasteiger partial charge on any atom is -0.507 e. The van der Waals surface area contributed by atoms with Gasteiger partial charge in [-0.25, -0.2) is 18.0 Å². The molecule has 0 aliphatic carbocycles. The Kier molecular flexibility index (Phi) is 6.00. The molecule has 1 N–H and O–H groups in total. The standard InChI is InChI=1S/C29H27F3N4O3/c1-14(2)24-25(15(3)10-11-33-24)36-26-21-27(23(32)20(22(26)31)19-17(30)8-6-9-18(19)37)39-13-16-7-4-5-12-35(16)28(21)34-29(36)38/h6,8-11,14,16,37H,4-5,7,12-13H2,1-3H3/t16-/m1/s1. The lowest BCUT2D eigenvalue weighted by Crippen LogP contribution is -2.43. The molecule has 2 aliphatic rings. The smallest absolute Gasteiger partial charge is 0.354 e. The van der Waals surface area contributed by atoms with E-state index < -0.39 is 40.0 Å². The SMILES string of the molecule is Cc1ccnc(C(C)C)c1-n1c(=O)nc2c3c(c(F)c(-c4c(O)cccc4F)c(F)c31)OC[C@H]1CCCCN21. The summed E-state index contributed by atoms with van der Waals surface area (Å²) in [7, 11) is 0. The summed E-state index contributed by atoms with van der Waals surface area (Å²) in [6, 6.07) is 4.88. The number of phenols is 1. The van der Waals surface area contributed by atoms with Gasteiger partial charge in [0.05, 0.1) is 33.9 Å². The first-order chi connectivity index (χ1) is 18.7. The maximum absolute atomic E-state index is 16.8. The molecule has 1 atom stereocenters. The summed E-state index contributed by atoms with van der Waals surface area (Å²) in [6.45, 7) is 6.16. The lowest BCUT2D eigenvalue weighted by Gasteiger charge is -2.35. The van der Waals surface area contributed by atoms with Crippen molar-refractivity contribution in [3.8, 4) is 28.3 Å². The van der Waals surface area contributed by atoms with Crippen molar-refractivity contribution in [1.82, 2.24) is 14.5 Å². The van der Waals surface area contributed by atoms with E-state index >= 15 is 13.2 Å². The molecule has 4 aromatic rings. The number of hydrogen-bond acceptors (Lipinski definition) is 6. The van der Waals surface area contributed by atoms with Crippen LogP contribution in [0.1, 0.15) is 50.3 Å². The Morgan fingerprint density at radius 3 is 2.64 bits per heavy atom. The van der Waals surface area contributed by atoms with Gasteiger partial charge < -0.3 is 14.7 Å². The van der Waals surface area contributed by atoms with E-state index in [0.29, 0.717) is 23.5 Å². The van der Waals surface area contributed by atoms with E-state index in [-0.39, 0.29) is 41.0 Å². The number of pyridine rings is 1. The summed E-state index contributed by atoms with van der Waals surface area (Å²) in [5.74, 6) is -4.38. The quantitative estimate of drug-likeness (QED) is 0.359. The van der Waals surface area contributed by atoms with E-state index in [1.54, 1.807) is 19.2 Å². The average molecular weight is 537 g/mol. The van der Waals surface area contributed by atoms with Crippen LogP contribution < -0.4 is 15.3 Å². The van der Waals surface area contributed by atoms with E-state index in [0.717, 1.165) is 36.0 Å². The molecular formula is C29H27F3N4O3. The van der Waals surface area contributed by atoms with E-state index in [9.17, 15) is 9.90 Å². The van der Waals surface area contributed by atoms with Crippen molar-refractivity contribution < 1.29 is 23.0 Å². The van der Waals surface area contributed by atoms with E-state index in [2.05, 4.69) is 9.97 Å². The molecule has 202 valence electrons. The second-order valence-corrected chi connectivity index (χ2v) is 10.4. The third-order valence-corrected chi connectivity index (χ3v) is 7.64. The molecular weight excluding hydrogens is 509 g/mol. The highest BCUT2D eigenvalue weighted by Crippen LogP contribution is 2.47. The molecule has 6 rings (SSSR count). The molecule has 10 heteroatoms. The highest BCUT2D eigenvalue weighted by Gasteiger charge is 2.37. The van der Waals surface area contributed by atoms with Crippen molar-refractivity contribution in [2.45, 2.75) is 52.0 Å². The average Bonchev–Trinajstić information content (AvgIpc) is 3.06. The number of rotatable bonds is 3. The molecule has 2 aromatic carbocycles. The molecule has 0 radical (unpaired) electrons. The first-order valence-corrected chi connectivity index (χ1v) is 13.0. The molecule has 0 spiro atoms. The number of halogens is 3. The van der Waals surface area contributed by atoms with Crippen LogP contribution in [0.4, 0.5) is 19.0 Å². The van der Waals surface area contributed by atoms with Crippen molar-refractivity contribution >= 4 is 16.7 Å². The Bertz CT molecular complexity index is 1680. The predicted molar refractivity (Wildman–Crippen MR) is 141 cm³/mol. The molecule has 0 saturated carbocycles. The van der Waals surface area contributed by atoms with Crippen molar-refractivity contribution in [3.63, 3.8) is 0 Å². The molecule has 2 aromatic heterocycles. The number of ether oxygens (including phenoxy) is 1. The van der Waals surface area contributed by atoms with Gasteiger partial charge in [-0.05, 0) is 55.9 Å². The van der Waals surface area contributed by atoms with Crippen molar-refractivity contribution in [2.24, 2.45) is 0 Å². The number of piperidine rings is 1. The monoisotopic (exact) mass is 536 g/mol. The van der Waals surface area contributed by atoms with Crippen molar-refractivity contribution in [1.29, 1.82) is 0 Å². The zero-order valence-corrected chi connectivity index (χ0v) is 21.8. The molecule has 0 amide bonds. The number of fused-ring (bicyclic) bond motifs is 2. The Hall–Kier alpha value is -4.08. The summed E-state index contributed by atoms with van der Waals surface area (Å²) < 4.78 is 55.3. The minimum atomic E-state index is -1.20. The summed E-state index contributed by atoms with van der Waals surface area (Å²) in [4.78, 5) is 24.6. The number of anilines is 1. The molecule has 39 heavy (non-hydrogen) atoms. The van der Waals surface area contributed by atoms with Crippen LogP contribution in [0.5, 0.6) is 11.5 Å². The molecule has 2 aliphatic heterocycles. The van der Waals surface area contributed by atoms with Crippen LogP contribution in [0.2, 0.25) is 0 Å². The topological polar surface area (TPSA) is 80.5 Å². The summed E-state index contributed by atoms with van der Waals surface area (Å²) in [5.41, 5.74) is -1.09. The Morgan fingerprint density at radius 2 is 1.90 bits per heavy atom. The summed E-state index contributed by atoms with van der Waals surface area (Å²) >= 11 is 0. The van der Waals surface area contributed by atoms with Crippen LogP contribution in [-0.4, -0.2) is 38.8 Å². The number of benzene rings is 2. The first-order valence-electron chi connectivity index (χ1n) is 13.0. The normalized spacial score (nSPS) is 16.8. The Morgan fingerprint density at radius 1 is 1.10 bits per heavy atom. The van der Waals surface area contributed by atoms with Crippen LogP contribution in [-0.2, 0) is 0 Å². The van der Waals surface area contributed by atoms with Gasteiger partial charge in [0.2, 0.25) is 0 Å². The maximum atomic E-state index is 16.8. The highest BCUT2D eigenvalue weighted by atomic mass is 19.1. The van der Waals surface area contributed by atoms with Gasteiger partial charge in [0.25, 0.3) is 0 Å². The van der Waals surface area contributed by atoms with E-state index in [1.165, 1.54) is 6.07 Å². The number of aryl methyl sites for hydroxylation is 1. The van der Waals surface area contributed by atoms with E-state index in [4.69, 9.17) is 4.74 Å². The lowest BCUT2D eigenvalue weighted by atomic mass is 9.98. The maximum Gasteiger partial charge on any atom is 0.354 e. The molecule has 4 heterocycles. The van der Waals surface area contributed by atoms with Crippen LogP contribution in [0.3, 0.4) is 0 Å². The lowest BCUT2D eigenvalue weighted by molar-refractivity contribution is 0.258. The fourth-order valence-electron chi connectivity index (χ4n) is 5.81. The molecule has 7 nitrogen and oxygen atoms in total. The predicted octanol–water partition coefficient (Wildman–Crippen LogP) is 5.75. The number of phenolic OH excluding ortho intramolecular Hbond substituents is 1. The van der Waals surface area contributed by atoms with Gasteiger partial charge in [0.1, 0.15) is 29.5 Å². The second-order valence-electron chi connectivity index (χ2n) is 10.4. The van der Waals surface area contributed by atoms with E-state index in [1.807, 2.05) is 18.7 Å². The molecule has 1 saturated heterocycles. The number of hydrogen-bond donors (Lipinski definition) is 1. The number of nitrogens with zero attached hydrogens (tertiary/aromatic N) is 4. The fraction of sp³-hybridized carbons (Fsp3) is 0.345. The van der Waals surface area contributed by atoms with Crippen LogP contribution in [0.25, 0.3) is 27.7 Å². The van der Waals surface area contributed by atoms with Crippen LogP contribution >= 0.6 is 0 Å². The highest BCUT2D eigenvalue weighted by molar-refractivity contribution is 6.01. The van der Waals surface area contributed by atoms with Gasteiger partial charge in [-0.15, -0.1) is 0 Å². The third kappa shape index (κ3) is 3.76. The van der Waals surface area contributed by atoms with Gasteiger partial charge in [0.15, 0.2) is 17.4 Å². The Labute approximate surface area is 222 Å². The number of aromatic hydroxyl groups is 1. The zero-order valence-electron chi connectivity index (χ0n) is 21.8. The third-order valence-electron chi connectivity index (χ3n) is 7.64. The van der Waals surface area contributed by atoms with Gasteiger partial charge >= 0.3 is 5.69 Å². The van der Waals surface area contributed by atoms with Crippen LogP contribution in [0, 0.1) is 24.4 Å². The summed E-state index contributed by atoms with van der Waals surface area (Å²) in [6.07, 6.45) is 4.07. The van der Waals surface area contributed by atoms with Crippen molar-refractivity contribution in [3.05, 3.63) is 69.7 Å². The molecule has 0 unspecified atom stereocenters. The van der Waals surface area contributed by atoms with Gasteiger partial charge in [-0.3, -0.25) is 9.55 Å². The van der Waals surface area contributed by atoms with Crippen molar-refractivity contribution in [2.75, 3.05) is 18.1 Å². The summed E-state index contributed by atoms with van der Waals surface area (Å²) in [5, 5.41) is 10.5. The second kappa shape index (κ2) is 9.29. The van der Waals surface area contributed by atoms with Gasteiger partial charge in [-0.1, -0.05) is 19.9 Å². The Balaban J connectivity index is 1.85. The molecule has 1 fully saturated rings. The van der Waals surface area contributed by atoms with Crippen LogP contribution in [0.15, 0.2) is 35.3 Å². The molecule has 0 bridgehead atoms. The minimum absolute atomic E-state index is 0.00783. The fourth-order valence-corrected chi connectivity index (χ4v) is 5.81.